The van der Waals surface area contributed by atoms with Gasteiger partial charge in [-0.15, -0.1) is 0 Å². The Morgan fingerprint density at radius 3 is 2.50 bits per heavy atom. The molecule has 1 aromatic rings. The smallest absolute Gasteiger partial charge is 0.319 e. The van der Waals surface area contributed by atoms with Crippen molar-refractivity contribution in [3.63, 3.8) is 0 Å². The molecule has 0 aliphatic heterocycles. The molecule has 5 rings (SSSR count). The minimum Gasteiger partial charge on any atom is -0.390 e. The van der Waals surface area contributed by atoms with Crippen molar-refractivity contribution >= 4 is 17.6 Å². The highest BCUT2D eigenvalue weighted by molar-refractivity contribution is 5.96. The quantitative estimate of drug-likeness (QED) is 0.681. The third-order valence-electron chi connectivity index (χ3n) is 5.81. The fourth-order valence-corrected chi connectivity index (χ4v) is 5.51. The van der Waals surface area contributed by atoms with Gasteiger partial charge in [0.05, 0.1) is 5.60 Å². The predicted octanol–water partition coefficient (Wildman–Crippen LogP) is 1.99. The summed E-state index contributed by atoms with van der Waals surface area (Å²) < 4.78 is 0. The second kappa shape index (κ2) is 5.21. The van der Waals surface area contributed by atoms with Crippen LogP contribution in [0.1, 0.15) is 48.9 Å². The maximum absolute atomic E-state index is 12.5. The molecule has 5 N–H and O–H groups in total. The van der Waals surface area contributed by atoms with Crippen LogP contribution in [0.2, 0.25) is 0 Å². The molecular weight excluding hydrogens is 306 g/mol. The van der Waals surface area contributed by atoms with E-state index in [0.717, 1.165) is 25.7 Å². The van der Waals surface area contributed by atoms with Crippen LogP contribution in [0, 0.1) is 11.8 Å². The predicted molar refractivity (Wildman–Crippen MR) is 89.5 cm³/mol. The molecule has 6 heteroatoms. The van der Waals surface area contributed by atoms with E-state index < -0.39 is 11.5 Å². The third kappa shape index (κ3) is 2.75. The minimum absolute atomic E-state index is 0.290. The van der Waals surface area contributed by atoms with Crippen molar-refractivity contribution in [3.8, 4) is 0 Å². The van der Waals surface area contributed by atoms with Gasteiger partial charge in [-0.25, -0.2) is 4.79 Å². The number of rotatable bonds is 3. The van der Waals surface area contributed by atoms with Crippen LogP contribution in [0.5, 0.6) is 0 Å². The summed E-state index contributed by atoms with van der Waals surface area (Å²) in [6, 6.07) is 6.29. The fraction of sp³-hybridized carbons (Fsp3) is 0.556. The Morgan fingerprint density at radius 1 is 1.17 bits per heavy atom. The van der Waals surface area contributed by atoms with Gasteiger partial charge in [0.1, 0.15) is 0 Å². The number of carbonyl (C=O) groups is 2. The number of nitrogens with one attached hydrogen (secondary N) is 2. The van der Waals surface area contributed by atoms with Crippen LogP contribution in [0.4, 0.5) is 10.5 Å². The molecule has 6 nitrogen and oxygen atoms in total. The fourth-order valence-electron chi connectivity index (χ4n) is 5.51. The average Bonchev–Trinajstić information content (AvgIpc) is 2.43. The van der Waals surface area contributed by atoms with Crippen molar-refractivity contribution < 1.29 is 14.7 Å². The van der Waals surface area contributed by atoms with Gasteiger partial charge >= 0.3 is 6.03 Å². The number of nitrogens with two attached hydrogens (primary N) is 1. The molecule has 4 aliphatic rings. The Morgan fingerprint density at radius 2 is 1.88 bits per heavy atom. The number of hydrogen-bond acceptors (Lipinski definition) is 3. The van der Waals surface area contributed by atoms with Crippen molar-refractivity contribution in [1.29, 1.82) is 0 Å². The first-order valence-corrected chi connectivity index (χ1v) is 8.56. The minimum atomic E-state index is -0.608. The maximum Gasteiger partial charge on any atom is 0.319 e. The summed E-state index contributed by atoms with van der Waals surface area (Å²) >= 11 is 0. The third-order valence-corrected chi connectivity index (χ3v) is 5.81. The molecule has 4 fully saturated rings. The number of amides is 3. The summed E-state index contributed by atoms with van der Waals surface area (Å²) in [4.78, 5) is 23.7. The molecule has 3 amide bonds. The van der Waals surface area contributed by atoms with Gasteiger partial charge in [-0.1, -0.05) is 6.07 Å². The number of anilines is 1. The Bertz CT molecular complexity index is 689. The van der Waals surface area contributed by atoms with Crippen molar-refractivity contribution in [2.75, 3.05) is 5.32 Å². The summed E-state index contributed by atoms with van der Waals surface area (Å²) in [7, 11) is 0. The highest BCUT2D eigenvalue weighted by Crippen LogP contribution is 2.57. The molecule has 0 aromatic heterocycles. The van der Waals surface area contributed by atoms with Gasteiger partial charge in [0.2, 0.25) is 5.91 Å². The summed E-state index contributed by atoms with van der Waals surface area (Å²) in [6.07, 6.45) is 5.45. The summed E-state index contributed by atoms with van der Waals surface area (Å²) in [5, 5.41) is 16.7. The molecule has 4 saturated carbocycles. The van der Waals surface area contributed by atoms with E-state index in [4.69, 9.17) is 5.73 Å². The largest absolute Gasteiger partial charge is 0.390 e. The molecular formula is C18H23N3O3. The molecule has 0 heterocycles. The van der Waals surface area contributed by atoms with Gasteiger partial charge in [0, 0.05) is 16.8 Å². The number of urea groups is 1. The standard InChI is InChI=1S/C18H23N3O3/c19-15(22)13-2-1-3-14(5-13)20-16(23)21-17-6-11-4-12(7-17)9-18(24,8-11)10-17/h1-3,5,11-12,24H,4,6-10H2,(H2,19,22)(H2,20,21,23)/t11-,12+,17?,18?. The van der Waals surface area contributed by atoms with E-state index in [1.165, 1.54) is 6.42 Å². The van der Waals surface area contributed by atoms with Gasteiger partial charge in [-0.2, -0.15) is 0 Å². The Hall–Kier alpha value is -2.08. The first-order valence-electron chi connectivity index (χ1n) is 8.56. The van der Waals surface area contributed by atoms with E-state index in [0.29, 0.717) is 29.5 Å². The van der Waals surface area contributed by atoms with Gasteiger partial charge in [0.25, 0.3) is 0 Å². The highest BCUT2D eigenvalue weighted by atomic mass is 16.3. The zero-order chi connectivity index (χ0) is 16.9. The van der Waals surface area contributed by atoms with Gasteiger partial charge in [-0.3, -0.25) is 4.79 Å². The van der Waals surface area contributed by atoms with Crippen LogP contribution in [-0.2, 0) is 0 Å². The summed E-state index contributed by atoms with van der Waals surface area (Å²) in [6.45, 7) is 0. The number of aliphatic hydroxyl groups is 1. The zero-order valence-corrected chi connectivity index (χ0v) is 13.5. The van der Waals surface area contributed by atoms with Crippen LogP contribution in [0.3, 0.4) is 0 Å². The SMILES string of the molecule is NC(=O)c1cccc(NC(=O)NC23C[C@@H]4C[C@@H](CC(O)(C4)C2)C3)c1. The molecule has 2 unspecified atom stereocenters. The molecule has 128 valence electrons. The molecule has 0 radical (unpaired) electrons. The number of hydrogen-bond donors (Lipinski definition) is 4. The van der Waals surface area contributed by atoms with Crippen LogP contribution in [0.25, 0.3) is 0 Å². The Balaban J connectivity index is 1.47. The van der Waals surface area contributed by atoms with Gasteiger partial charge < -0.3 is 21.5 Å². The summed E-state index contributed by atoms with van der Waals surface area (Å²) in [5.41, 5.74) is 5.25. The number of primary amides is 1. The Kier molecular flexibility index (Phi) is 3.35. The zero-order valence-electron chi connectivity index (χ0n) is 13.5. The van der Waals surface area contributed by atoms with E-state index in [1.54, 1.807) is 24.3 Å². The lowest BCUT2D eigenvalue weighted by molar-refractivity contribution is -0.138. The highest BCUT2D eigenvalue weighted by Gasteiger charge is 2.57. The Labute approximate surface area is 140 Å². The van der Waals surface area contributed by atoms with Crippen molar-refractivity contribution in [1.82, 2.24) is 5.32 Å². The van der Waals surface area contributed by atoms with Crippen LogP contribution in [0.15, 0.2) is 24.3 Å². The van der Waals surface area contributed by atoms with E-state index in [9.17, 15) is 14.7 Å². The van der Waals surface area contributed by atoms with E-state index in [2.05, 4.69) is 10.6 Å². The average molecular weight is 329 g/mol. The van der Waals surface area contributed by atoms with Crippen LogP contribution < -0.4 is 16.4 Å². The first kappa shape index (κ1) is 15.4. The molecule has 0 saturated heterocycles. The second-order valence-electron chi connectivity index (χ2n) is 7.99. The van der Waals surface area contributed by atoms with Crippen molar-refractivity contribution in [2.24, 2.45) is 17.6 Å². The van der Waals surface area contributed by atoms with Gasteiger partial charge in [-0.05, 0) is 68.6 Å². The van der Waals surface area contributed by atoms with Crippen molar-refractivity contribution in [2.45, 2.75) is 49.7 Å². The number of carbonyl (C=O) groups excluding carboxylic acids is 2. The lowest BCUT2D eigenvalue weighted by Gasteiger charge is -2.60. The first-order chi connectivity index (χ1) is 11.3. The molecule has 0 spiro atoms. The lowest BCUT2D eigenvalue weighted by atomic mass is 9.51. The van der Waals surface area contributed by atoms with Crippen LogP contribution >= 0.6 is 0 Å². The molecule has 24 heavy (non-hydrogen) atoms. The monoisotopic (exact) mass is 329 g/mol. The van der Waals surface area contributed by atoms with Crippen LogP contribution in [-0.4, -0.2) is 28.2 Å². The lowest BCUT2D eigenvalue weighted by Crippen LogP contribution is -2.65. The molecule has 4 aliphatic carbocycles. The van der Waals surface area contributed by atoms with E-state index in [1.807, 2.05) is 0 Å². The second-order valence-corrected chi connectivity index (χ2v) is 7.99. The normalized spacial score (nSPS) is 36.4. The van der Waals surface area contributed by atoms with Gasteiger partial charge in [0.15, 0.2) is 0 Å². The molecule has 1 aromatic carbocycles. The maximum atomic E-state index is 12.5. The molecule has 4 bridgehead atoms. The topological polar surface area (TPSA) is 104 Å². The number of benzene rings is 1. The molecule has 4 atom stereocenters. The van der Waals surface area contributed by atoms with E-state index >= 15 is 0 Å². The van der Waals surface area contributed by atoms with Crippen molar-refractivity contribution in [3.05, 3.63) is 29.8 Å². The summed E-state index contributed by atoms with van der Waals surface area (Å²) in [5.74, 6) is 0.492. The van der Waals surface area contributed by atoms with E-state index in [-0.39, 0.29) is 11.6 Å².